The van der Waals surface area contributed by atoms with Crippen molar-refractivity contribution in [3.05, 3.63) is 65.0 Å². The van der Waals surface area contributed by atoms with Crippen LogP contribution < -0.4 is 4.74 Å². The van der Waals surface area contributed by atoms with Crippen LogP contribution in [-0.2, 0) is 4.74 Å². The van der Waals surface area contributed by atoms with Gasteiger partial charge in [-0.3, -0.25) is 0 Å². The molecule has 3 nitrogen and oxygen atoms in total. The highest BCUT2D eigenvalue weighted by molar-refractivity contribution is 5.46. The minimum atomic E-state index is -0.555. The van der Waals surface area contributed by atoms with Crippen molar-refractivity contribution in [2.45, 2.75) is 25.6 Å². The molecule has 0 amide bonds. The molecule has 24 heavy (non-hydrogen) atoms. The van der Waals surface area contributed by atoms with E-state index in [4.69, 9.17) is 14.7 Å². The summed E-state index contributed by atoms with van der Waals surface area (Å²) < 4.78 is 24.8. The number of nitriles is 1. The lowest BCUT2D eigenvalue weighted by Gasteiger charge is -2.23. The van der Waals surface area contributed by atoms with Crippen molar-refractivity contribution in [2.75, 3.05) is 6.61 Å². The molecule has 4 heteroatoms. The lowest BCUT2D eigenvalue weighted by molar-refractivity contribution is -0.105. The van der Waals surface area contributed by atoms with E-state index in [-0.39, 0.29) is 11.9 Å². The lowest BCUT2D eigenvalue weighted by Crippen LogP contribution is -2.24. The summed E-state index contributed by atoms with van der Waals surface area (Å²) in [5, 5.41) is 8.71. The fourth-order valence-electron chi connectivity index (χ4n) is 2.40. The summed E-state index contributed by atoms with van der Waals surface area (Å²) in [6.07, 6.45) is 2.95. The molecule has 1 aliphatic rings. The first-order chi connectivity index (χ1) is 11.7. The number of nitrogens with zero attached hydrogens (tertiary/aromatic N) is 1. The van der Waals surface area contributed by atoms with Gasteiger partial charge in [0.25, 0.3) is 0 Å². The molecule has 0 aromatic heterocycles. The Balaban J connectivity index is 1.66. The third-order valence-electron chi connectivity index (χ3n) is 3.70. The van der Waals surface area contributed by atoms with E-state index in [0.29, 0.717) is 5.56 Å². The molecule has 0 N–H and O–H groups in total. The van der Waals surface area contributed by atoms with Gasteiger partial charge >= 0.3 is 0 Å². The predicted molar refractivity (Wildman–Crippen MR) is 87.8 cm³/mol. The summed E-state index contributed by atoms with van der Waals surface area (Å²) in [4.78, 5) is 0. The molecule has 2 aromatic carbocycles. The van der Waals surface area contributed by atoms with E-state index in [2.05, 4.69) is 11.8 Å². The van der Waals surface area contributed by atoms with Crippen molar-refractivity contribution in [3.63, 3.8) is 0 Å². The fraction of sp³-hybridized carbons (Fsp3) is 0.250. The van der Waals surface area contributed by atoms with Crippen molar-refractivity contribution in [1.82, 2.24) is 0 Å². The third-order valence-corrected chi connectivity index (χ3v) is 3.70. The Bertz CT molecular complexity index is 806. The van der Waals surface area contributed by atoms with Crippen molar-refractivity contribution in [3.8, 4) is 23.7 Å². The second-order valence-electron chi connectivity index (χ2n) is 5.49. The Morgan fingerprint density at radius 1 is 1.04 bits per heavy atom. The van der Waals surface area contributed by atoms with Crippen LogP contribution in [0, 0.1) is 29.0 Å². The summed E-state index contributed by atoms with van der Waals surface area (Å²) in [6.45, 7) is 0.745. The van der Waals surface area contributed by atoms with Gasteiger partial charge in [0.2, 0.25) is 0 Å². The van der Waals surface area contributed by atoms with Gasteiger partial charge in [0.05, 0.1) is 12.2 Å². The molecule has 1 atom stereocenters. The van der Waals surface area contributed by atoms with Gasteiger partial charge in [0.15, 0.2) is 6.29 Å². The van der Waals surface area contributed by atoms with E-state index in [0.717, 1.165) is 37.2 Å². The van der Waals surface area contributed by atoms with Crippen LogP contribution in [0.25, 0.3) is 0 Å². The van der Waals surface area contributed by atoms with Gasteiger partial charge in [0.1, 0.15) is 17.6 Å². The molecule has 1 fully saturated rings. The van der Waals surface area contributed by atoms with Crippen LogP contribution in [0.1, 0.15) is 36.0 Å². The van der Waals surface area contributed by atoms with Crippen molar-refractivity contribution >= 4 is 0 Å². The maximum absolute atomic E-state index is 13.5. The van der Waals surface area contributed by atoms with Crippen molar-refractivity contribution < 1.29 is 13.9 Å². The van der Waals surface area contributed by atoms with E-state index in [1.165, 1.54) is 12.1 Å². The molecule has 120 valence electrons. The lowest BCUT2D eigenvalue weighted by atomic mass is 10.1. The average Bonchev–Trinajstić information content (AvgIpc) is 2.62. The fourth-order valence-corrected chi connectivity index (χ4v) is 2.40. The van der Waals surface area contributed by atoms with Gasteiger partial charge in [-0.15, -0.1) is 0 Å². The maximum Gasteiger partial charge on any atom is 0.199 e. The molecular weight excluding hydrogens is 305 g/mol. The van der Waals surface area contributed by atoms with Gasteiger partial charge in [-0.25, -0.2) is 4.39 Å². The van der Waals surface area contributed by atoms with E-state index < -0.39 is 5.82 Å². The zero-order chi connectivity index (χ0) is 16.8. The molecule has 0 spiro atoms. The molecule has 0 saturated carbocycles. The Labute approximate surface area is 140 Å². The van der Waals surface area contributed by atoms with Crippen molar-refractivity contribution in [2.24, 2.45) is 0 Å². The maximum atomic E-state index is 13.5. The van der Waals surface area contributed by atoms with Gasteiger partial charge in [-0.2, -0.15) is 5.26 Å². The summed E-state index contributed by atoms with van der Waals surface area (Å²) in [7, 11) is 0. The SMILES string of the molecule is N#Cc1ccc(C#Cc2ccc(OC3CCCCO3)cc2)cc1F. The first-order valence-electron chi connectivity index (χ1n) is 7.84. The van der Waals surface area contributed by atoms with E-state index in [9.17, 15) is 4.39 Å². The predicted octanol–water partition coefficient (Wildman–Crippen LogP) is 4.00. The summed E-state index contributed by atoms with van der Waals surface area (Å²) >= 11 is 0. The van der Waals surface area contributed by atoms with Gasteiger partial charge in [-0.05, 0) is 55.3 Å². The van der Waals surface area contributed by atoms with Crippen LogP contribution in [0.4, 0.5) is 4.39 Å². The zero-order valence-corrected chi connectivity index (χ0v) is 13.1. The summed E-state index contributed by atoms with van der Waals surface area (Å²) in [5.74, 6) is 6.05. The second kappa shape index (κ2) is 7.64. The zero-order valence-electron chi connectivity index (χ0n) is 13.1. The van der Waals surface area contributed by atoms with Crippen molar-refractivity contribution in [1.29, 1.82) is 5.26 Å². The number of halogens is 1. The molecule has 2 aromatic rings. The van der Waals surface area contributed by atoms with Crippen LogP contribution in [0.3, 0.4) is 0 Å². The quantitative estimate of drug-likeness (QED) is 0.785. The molecule has 0 radical (unpaired) electrons. The average molecular weight is 321 g/mol. The first-order valence-corrected chi connectivity index (χ1v) is 7.84. The third kappa shape index (κ3) is 4.13. The molecule has 1 aliphatic heterocycles. The van der Waals surface area contributed by atoms with Crippen LogP contribution in [0.2, 0.25) is 0 Å². The molecule has 1 saturated heterocycles. The highest BCUT2D eigenvalue weighted by Crippen LogP contribution is 2.19. The van der Waals surface area contributed by atoms with Crippen LogP contribution in [0.5, 0.6) is 5.75 Å². The number of benzene rings is 2. The van der Waals surface area contributed by atoms with Crippen LogP contribution in [0.15, 0.2) is 42.5 Å². The van der Waals surface area contributed by atoms with E-state index in [1.807, 2.05) is 24.3 Å². The minimum absolute atomic E-state index is 0.0204. The van der Waals surface area contributed by atoms with Gasteiger partial charge in [0, 0.05) is 17.5 Å². The molecule has 1 heterocycles. The number of rotatable bonds is 2. The number of hydrogen-bond donors (Lipinski definition) is 0. The number of hydrogen-bond acceptors (Lipinski definition) is 3. The smallest absolute Gasteiger partial charge is 0.199 e. The molecule has 0 aliphatic carbocycles. The standard InChI is InChI=1S/C20H16FNO2/c21-19-13-16(6-9-17(19)14-22)5-4-15-7-10-18(11-8-15)24-20-3-1-2-12-23-20/h6-11,13,20H,1-3,12H2. The normalized spacial score (nSPS) is 16.6. The topological polar surface area (TPSA) is 42.2 Å². The molecule has 1 unspecified atom stereocenters. The Morgan fingerprint density at radius 3 is 2.46 bits per heavy atom. The minimum Gasteiger partial charge on any atom is -0.465 e. The largest absolute Gasteiger partial charge is 0.465 e. The summed E-state index contributed by atoms with van der Waals surface area (Å²) in [5.41, 5.74) is 1.35. The molecule has 0 bridgehead atoms. The van der Waals surface area contributed by atoms with Crippen LogP contribution in [-0.4, -0.2) is 12.9 Å². The van der Waals surface area contributed by atoms with Gasteiger partial charge in [-0.1, -0.05) is 11.8 Å². The van der Waals surface area contributed by atoms with Gasteiger partial charge < -0.3 is 9.47 Å². The highest BCUT2D eigenvalue weighted by Gasteiger charge is 2.14. The van der Waals surface area contributed by atoms with Crippen LogP contribution >= 0.6 is 0 Å². The Kier molecular flexibility index (Phi) is 5.11. The molecule has 3 rings (SSSR count). The highest BCUT2D eigenvalue weighted by atomic mass is 19.1. The first kappa shape index (κ1) is 16.1. The Morgan fingerprint density at radius 2 is 1.79 bits per heavy atom. The molecular formula is C20H16FNO2. The Hall–Kier alpha value is -2.82. The second-order valence-corrected chi connectivity index (χ2v) is 5.49. The number of ether oxygens (including phenoxy) is 2. The monoisotopic (exact) mass is 321 g/mol. The summed E-state index contributed by atoms with van der Waals surface area (Å²) in [6, 6.07) is 13.5. The van der Waals surface area contributed by atoms with E-state index >= 15 is 0 Å². The van der Waals surface area contributed by atoms with E-state index in [1.54, 1.807) is 12.1 Å².